The number of halogens is 1. The summed E-state index contributed by atoms with van der Waals surface area (Å²) in [6.45, 7) is 1.72. The number of benzene rings is 1. The molecule has 0 radical (unpaired) electrons. The van der Waals surface area contributed by atoms with Gasteiger partial charge in [-0.1, -0.05) is 19.1 Å². The van der Waals surface area contributed by atoms with Crippen molar-refractivity contribution in [2.45, 2.75) is 13.3 Å². The first kappa shape index (κ1) is 15.2. The van der Waals surface area contributed by atoms with E-state index in [1.165, 1.54) is 28.0 Å². The molecular formula is C15H13BrN2O3. The van der Waals surface area contributed by atoms with E-state index in [1.807, 2.05) is 0 Å². The highest BCUT2D eigenvalue weighted by molar-refractivity contribution is 9.08. The van der Waals surface area contributed by atoms with Crippen LogP contribution in [0.2, 0.25) is 0 Å². The molecule has 108 valence electrons. The Kier molecular flexibility index (Phi) is 4.37. The van der Waals surface area contributed by atoms with Gasteiger partial charge < -0.3 is 5.73 Å². The minimum Gasteiger partial charge on any atom is -0.399 e. The van der Waals surface area contributed by atoms with E-state index in [9.17, 15) is 14.4 Å². The normalized spacial score (nSPS) is 10.4. The van der Waals surface area contributed by atoms with E-state index < -0.39 is 11.6 Å². The third-order valence-electron chi connectivity index (χ3n) is 3.00. The van der Waals surface area contributed by atoms with Crippen LogP contribution < -0.4 is 5.73 Å². The average Bonchev–Trinajstić information content (AvgIpc) is 2.87. The van der Waals surface area contributed by atoms with E-state index in [0.717, 1.165) is 0 Å². The fourth-order valence-electron chi connectivity index (χ4n) is 1.88. The van der Waals surface area contributed by atoms with Crippen molar-refractivity contribution >= 4 is 39.2 Å². The summed E-state index contributed by atoms with van der Waals surface area (Å²) >= 11 is 3.16. The SMILES string of the molecule is CCC(=O)c1cc(C(=O)C(=O)c2cccc(N)c2)cn1Br. The van der Waals surface area contributed by atoms with E-state index in [0.29, 0.717) is 17.8 Å². The standard InChI is InChI=1S/C15H13BrN2O3/c1-2-13(19)12-7-10(8-18(12)16)15(21)14(20)9-4-3-5-11(17)6-9/h3-8H,2,17H2,1H3. The summed E-state index contributed by atoms with van der Waals surface area (Å²) in [6.07, 6.45) is 1.72. The van der Waals surface area contributed by atoms with Crippen LogP contribution in [-0.4, -0.2) is 20.9 Å². The van der Waals surface area contributed by atoms with E-state index >= 15 is 0 Å². The van der Waals surface area contributed by atoms with Crippen LogP contribution in [0.15, 0.2) is 36.5 Å². The minimum absolute atomic E-state index is 0.123. The van der Waals surface area contributed by atoms with Crippen molar-refractivity contribution < 1.29 is 14.4 Å². The number of carbonyl (C=O) groups excluding carboxylic acids is 3. The summed E-state index contributed by atoms with van der Waals surface area (Å²) in [5.41, 5.74) is 6.74. The van der Waals surface area contributed by atoms with Crippen LogP contribution >= 0.6 is 16.1 Å². The molecule has 0 fully saturated rings. The van der Waals surface area contributed by atoms with E-state index in [-0.39, 0.29) is 16.9 Å². The zero-order valence-corrected chi connectivity index (χ0v) is 12.9. The Morgan fingerprint density at radius 3 is 2.43 bits per heavy atom. The first-order valence-electron chi connectivity index (χ1n) is 6.30. The number of hydrogen-bond acceptors (Lipinski definition) is 4. The number of rotatable bonds is 5. The van der Waals surface area contributed by atoms with Crippen LogP contribution in [-0.2, 0) is 0 Å². The van der Waals surface area contributed by atoms with E-state index in [1.54, 1.807) is 19.1 Å². The van der Waals surface area contributed by atoms with Crippen molar-refractivity contribution in [3.05, 3.63) is 53.3 Å². The van der Waals surface area contributed by atoms with Gasteiger partial charge in [0.1, 0.15) is 0 Å². The Hall–Kier alpha value is -2.21. The number of Topliss-reactive ketones (excluding diaryl/α,β-unsaturated/α-hetero) is 3. The molecule has 0 aliphatic rings. The highest BCUT2D eigenvalue weighted by Gasteiger charge is 2.22. The number of nitrogen functional groups attached to an aromatic ring is 1. The zero-order valence-electron chi connectivity index (χ0n) is 11.3. The summed E-state index contributed by atoms with van der Waals surface area (Å²) < 4.78 is 1.37. The van der Waals surface area contributed by atoms with Crippen LogP contribution in [0.3, 0.4) is 0 Å². The number of carbonyl (C=O) groups is 3. The van der Waals surface area contributed by atoms with Gasteiger partial charge in [0.05, 0.1) is 21.8 Å². The Morgan fingerprint density at radius 1 is 1.14 bits per heavy atom. The lowest BCUT2D eigenvalue weighted by molar-refractivity contribution is 0.0817. The summed E-state index contributed by atoms with van der Waals surface area (Å²) in [5, 5.41) is 0. The zero-order chi connectivity index (χ0) is 15.6. The first-order chi connectivity index (χ1) is 9.93. The van der Waals surface area contributed by atoms with E-state index in [4.69, 9.17) is 5.73 Å². The van der Waals surface area contributed by atoms with Gasteiger partial charge in [-0.15, -0.1) is 0 Å². The Morgan fingerprint density at radius 2 is 1.81 bits per heavy atom. The maximum absolute atomic E-state index is 12.2. The maximum atomic E-state index is 12.2. The second kappa shape index (κ2) is 6.05. The van der Waals surface area contributed by atoms with Crippen molar-refractivity contribution in [2.75, 3.05) is 5.73 Å². The highest BCUT2D eigenvalue weighted by Crippen LogP contribution is 2.17. The topological polar surface area (TPSA) is 82.2 Å². The molecule has 0 saturated heterocycles. The molecule has 6 heteroatoms. The molecule has 1 aromatic carbocycles. The van der Waals surface area contributed by atoms with Crippen LogP contribution in [0.4, 0.5) is 5.69 Å². The number of aromatic nitrogens is 1. The Labute approximate surface area is 130 Å². The van der Waals surface area contributed by atoms with Gasteiger partial charge in [0.25, 0.3) is 0 Å². The van der Waals surface area contributed by atoms with Crippen molar-refractivity contribution in [1.29, 1.82) is 0 Å². The second-order valence-electron chi connectivity index (χ2n) is 4.49. The van der Waals surface area contributed by atoms with E-state index in [2.05, 4.69) is 16.1 Å². The van der Waals surface area contributed by atoms with Crippen LogP contribution in [0.1, 0.15) is 44.5 Å². The summed E-state index contributed by atoms with van der Waals surface area (Å²) in [4.78, 5) is 36.0. The second-order valence-corrected chi connectivity index (χ2v) is 5.25. The lowest BCUT2D eigenvalue weighted by atomic mass is 10.0. The van der Waals surface area contributed by atoms with Gasteiger partial charge in [0, 0.05) is 29.4 Å². The summed E-state index contributed by atoms with van der Waals surface area (Å²) in [7, 11) is 0. The lowest BCUT2D eigenvalue weighted by Gasteiger charge is -1.99. The average molecular weight is 349 g/mol. The maximum Gasteiger partial charge on any atom is 0.235 e. The number of ketones is 3. The van der Waals surface area contributed by atoms with Gasteiger partial charge in [-0.05, 0) is 18.2 Å². The molecule has 2 aromatic rings. The van der Waals surface area contributed by atoms with Crippen LogP contribution in [0.25, 0.3) is 0 Å². The largest absolute Gasteiger partial charge is 0.399 e. The molecule has 1 heterocycles. The molecule has 0 saturated carbocycles. The molecule has 0 aliphatic heterocycles. The van der Waals surface area contributed by atoms with Gasteiger partial charge in [-0.3, -0.25) is 18.0 Å². The van der Waals surface area contributed by atoms with Gasteiger partial charge in [-0.25, -0.2) is 0 Å². The predicted octanol–water partition coefficient (Wildman–Crippen LogP) is 2.89. The number of nitrogens with two attached hydrogens (primary N) is 1. The molecule has 0 bridgehead atoms. The highest BCUT2D eigenvalue weighted by atomic mass is 79.9. The molecule has 0 atom stereocenters. The molecule has 0 spiro atoms. The molecule has 0 unspecified atom stereocenters. The van der Waals surface area contributed by atoms with Crippen LogP contribution in [0, 0.1) is 0 Å². The fraction of sp³-hybridized carbons (Fsp3) is 0.133. The molecule has 2 N–H and O–H groups in total. The number of nitrogens with zero attached hydrogens (tertiary/aromatic N) is 1. The van der Waals surface area contributed by atoms with Crippen molar-refractivity contribution in [1.82, 2.24) is 3.59 Å². The minimum atomic E-state index is -0.677. The van der Waals surface area contributed by atoms with Gasteiger partial charge in [0.15, 0.2) is 5.78 Å². The number of anilines is 1. The quantitative estimate of drug-likeness (QED) is 0.511. The smallest absolute Gasteiger partial charge is 0.235 e. The summed E-state index contributed by atoms with van der Waals surface area (Å²) in [6, 6.07) is 7.63. The Balaban J connectivity index is 2.32. The first-order valence-corrected chi connectivity index (χ1v) is 7.01. The third kappa shape index (κ3) is 3.11. The molecular weight excluding hydrogens is 336 g/mol. The molecule has 1 aromatic heterocycles. The van der Waals surface area contributed by atoms with Crippen molar-refractivity contribution in [3.63, 3.8) is 0 Å². The molecule has 0 aliphatic carbocycles. The summed E-state index contributed by atoms with van der Waals surface area (Å²) in [5.74, 6) is -1.46. The van der Waals surface area contributed by atoms with Gasteiger partial charge in [-0.2, -0.15) is 0 Å². The number of hydrogen-bond donors (Lipinski definition) is 1. The predicted molar refractivity (Wildman–Crippen MR) is 82.9 cm³/mol. The molecule has 2 rings (SSSR count). The van der Waals surface area contributed by atoms with Crippen molar-refractivity contribution in [2.24, 2.45) is 0 Å². The molecule has 21 heavy (non-hydrogen) atoms. The molecule has 0 amide bonds. The van der Waals surface area contributed by atoms with Crippen molar-refractivity contribution in [3.8, 4) is 0 Å². The van der Waals surface area contributed by atoms with Gasteiger partial charge in [0.2, 0.25) is 11.6 Å². The van der Waals surface area contributed by atoms with Gasteiger partial charge >= 0.3 is 0 Å². The molecule has 5 nitrogen and oxygen atoms in total. The lowest BCUT2D eigenvalue weighted by Crippen LogP contribution is -2.14. The third-order valence-corrected chi connectivity index (χ3v) is 3.59. The monoisotopic (exact) mass is 348 g/mol. The van der Waals surface area contributed by atoms with Crippen LogP contribution in [0.5, 0.6) is 0 Å². The Bertz CT molecular complexity index is 734. The fourth-order valence-corrected chi connectivity index (χ4v) is 2.41.